The number of nitrogens with zero attached hydrogens (tertiary/aromatic N) is 1. The van der Waals surface area contributed by atoms with Crippen LogP contribution in [0.15, 0.2) is 0 Å². The number of carboxylic acids is 1. The van der Waals surface area contributed by atoms with E-state index in [0.717, 1.165) is 4.90 Å². The van der Waals surface area contributed by atoms with E-state index < -0.39 is 17.6 Å². The molecule has 0 aromatic heterocycles. The smallest absolute Gasteiger partial charge is 0.410 e. The minimum atomic E-state index is -0.993. The van der Waals surface area contributed by atoms with Crippen LogP contribution in [-0.2, 0) is 9.53 Å². The minimum Gasteiger partial charge on any atom is -0.479 e. The molecule has 1 N–H and O–H groups in total. The first-order valence-electron chi connectivity index (χ1n) is 3.60. The van der Waals surface area contributed by atoms with Gasteiger partial charge in [0.25, 0.3) is 0 Å². The second-order valence-electron chi connectivity index (χ2n) is 2.87. The zero-order chi connectivity index (χ0) is 9.35. The molecule has 0 bridgehead atoms. The van der Waals surface area contributed by atoms with E-state index in [1.54, 1.807) is 0 Å². The molecular weight excluding hydrogens is 162 g/mol. The van der Waals surface area contributed by atoms with E-state index in [-0.39, 0.29) is 0 Å². The van der Waals surface area contributed by atoms with Gasteiger partial charge < -0.3 is 9.84 Å². The third kappa shape index (κ3) is 1.11. The molecule has 12 heavy (non-hydrogen) atoms. The summed E-state index contributed by atoms with van der Waals surface area (Å²) in [7, 11) is 2.67. The summed E-state index contributed by atoms with van der Waals surface area (Å²) in [6.45, 7) is 0. The number of amides is 1. The Morgan fingerprint density at radius 1 is 1.50 bits per heavy atom. The van der Waals surface area contributed by atoms with Crippen molar-refractivity contribution in [3.05, 3.63) is 0 Å². The molecule has 1 amide bonds. The van der Waals surface area contributed by atoms with E-state index >= 15 is 0 Å². The summed E-state index contributed by atoms with van der Waals surface area (Å²) in [5.74, 6) is -0.963. The summed E-state index contributed by atoms with van der Waals surface area (Å²) in [5.41, 5.74) is -0.993. The summed E-state index contributed by atoms with van der Waals surface area (Å²) in [4.78, 5) is 22.8. The van der Waals surface area contributed by atoms with Crippen molar-refractivity contribution in [3.8, 4) is 0 Å². The van der Waals surface area contributed by atoms with E-state index in [2.05, 4.69) is 4.74 Å². The Morgan fingerprint density at radius 3 is 2.25 bits per heavy atom. The van der Waals surface area contributed by atoms with E-state index in [9.17, 15) is 9.59 Å². The van der Waals surface area contributed by atoms with Crippen molar-refractivity contribution in [1.82, 2.24) is 4.90 Å². The van der Waals surface area contributed by atoms with Crippen LogP contribution in [0, 0.1) is 0 Å². The number of methoxy groups -OCH3 is 1. The van der Waals surface area contributed by atoms with Gasteiger partial charge in [-0.25, -0.2) is 9.59 Å². The average Bonchev–Trinajstić information content (AvgIpc) is 2.81. The lowest BCUT2D eigenvalue weighted by atomic mass is 10.2. The maximum Gasteiger partial charge on any atom is 0.410 e. The van der Waals surface area contributed by atoms with Crippen LogP contribution < -0.4 is 0 Å². The van der Waals surface area contributed by atoms with Crippen LogP contribution >= 0.6 is 0 Å². The second-order valence-corrected chi connectivity index (χ2v) is 2.87. The van der Waals surface area contributed by atoms with Crippen LogP contribution in [0.4, 0.5) is 4.79 Å². The van der Waals surface area contributed by atoms with Crippen LogP contribution in [0.3, 0.4) is 0 Å². The molecule has 0 aromatic carbocycles. The molecular formula is C7H11NO4. The molecule has 0 unspecified atom stereocenters. The van der Waals surface area contributed by atoms with Crippen LogP contribution in [0.2, 0.25) is 0 Å². The van der Waals surface area contributed by atoms with Gasteiger partial charge in [0.1, 0.15) is 5.54 Å². The van der Waals surface area contributed by atoms with Crippen molar-refractivity contribution in [2.24, 2.45) is 0 Å². The van der Waals surface area contributed by atoms with Gasteiger partial charge in [0, 0.05) is 7.05 Å². The SMILES string of the molecule is COC(=O)N(C)C1(C(=O)O)CC1. The number of hydrogen-bond donors (Lipinski definition) is 1. The van der Waals surface area contributed by atoms with Crippen molar-refractivity contribution in [2.75, 3.05) is 14.2 Å². The standard InChI is InChI=1S/C7H11NO4/c1-8(6(11)12-2)7(3-4-7)5(9)10/h3-4H2,1-2H3,(H,9,10). The van der Waals surface area contributed by atoms with Crippen LogP contribution in [-0.4, -0.2) is 41.8 Å². The third-order valence-electron chi connectivity index (χ3n) is 2.21. The first-order chi connectivity index (χ1) is 5.54. The Morgan fingerprint density at radius 2 is 2.00 bits per heavy atom. The van der Waals surface area contributed by atoms with Gasteiger partial charge in [-0.05, 0) is 12.8 Å². The highest BCUT2D eigenvalue weighted by molar-refractivity contribution is 5.87. The van der Waals surface area contributed by atoms with Crippen molar-refractivity contribution >= 4 is 12.1 Å². The average molecular weight is 173 g/mol. The molecule has 5 heteroatoms. The molecule has 1 fully saturated rings. The Hall–Kier alpha value is -1.26. The van der Waals surface area contributed by atoms with E-state index in [4.69, 9.17) is 5.11 Å². The van der Waals surface area contributed by atoms with E-state index in [1.165, 1.54) is 14.2 Å². The number of ether oxygens (including phenoxy) is 1. The third-order valence-corrected chi connectivity index (χ3v) is 2.21. The molecule has 0 radical (unpaired) electrons. The summed E-state index contributed by atoms with van der Waals surface area (Å²) in [6.07, 6.45) is 0.414. The summed E-state index contributed by atoms with van der Waals surface area (Å²) < 4.78 is 4.41. The lowest BCUT2D eigenvalue weighted by Crippen LogP contribution is -2.44. The van der Waals surface area contributed by atoms with Crippen molar-refractivity contribution in [3.63, 3.8) is 0 Å². The van der Waals surface area contributed by atoms with Crippen molar-refractivity contribution in [1.29, 1.82) is 0 Å². The van der Waals surface area contributed by atoms with Gasteiger partial charge >= 0.3 is 12.1 Å². The molecule has 0 spiro atoms. The molecule has 5 nitrogen and oxygen atoms in total. The number of aliphatic carboxylic acids is 1. The van der Waals surface area contributed by atoms with Gasteiger partial charge in [0.15, 0.2) is 0 Å². The van der Waals surface area contributed by atoms with Gasteiger partial charge in [-0.2, -0.15) is 0 Å². The number of likely N-dealkylation sites (N-methyl/N-ethyl adjacent to an activating group) is 1. The Kier molecular flexibility index (Phi) is 1.95. The highest BCUT2D eigenvalue weighted by Gasteiger charge is 2.56. The number of carboxylic acid groups (broad SMARTS) is 1. The molecule has 0 aliphatic heterocycles. The van der Waals surface area contributed by atoms with Gasteiger partial charge in [-0.1, -0.05) is 0 Å². The number of hydrogen-bond acceptors (Lipinski definition) is 3. The summed E-state index contributed by atoms with van der Waals surface area (Å²) in [5, 5.41) is 8.77. The van der Waals surface area contributed by atoms with Gasteiger partial charge in [0.2, 0.25) is 0 Å². The monoisotopic (exact) mass is 173 g/mol. The lowest BCUT2D eigenvalue weighted by molar-refractivity contribution is -0.143. The molecule has 0 heterocycles. The fraction of sp³-hybridized carbons (Fsp3) is 0.714. The van der Waals surface area contributed by atoms with E-state index in [0.29, 0.717) is 12.8 Å². The number of rotatable bonds is 2. The summed E-state index contributed by atoms with van der Waals surface area (Å²) in [6, 6.07) is 0. The molecule has 1 aliphatic rings. The Labute approximate surface area is 69.9 Å². The molecule has 0 atom stereocenters. The zero-order valence-corrected chi connectivity index (χ0v) is 7.03. The largest absolute Gasteiger partial charge is 0.479 e. The van der Waals surface area contributed by atoms with E-state index in [1.807, 2.05) is 0 Å². The molecule has 1 aliphatic carbocycles. The highest BCUT2D eigenvalue weighted by Crippen LogP contribution is 2.41. The first-order valence-corrected chi connectivity index (χ1v) is 3.60. The lowest BCUT2D eigenvalue weighted by Gasteiger charge is -2.22. The quantitative estimate of drug-likeness (QED) is 0.652. The topological polar surface area (TPSA) is 66.8 Å². The zero-order valence-electron chi connectivity index (χ0n) is 7.03. The molecule has 68 valence electrons. The molecule has 0 aromatic rings. The Bertz CT molecular complexity index is 221. The fourth-order valence-electron chi connectivity index (χ4n) is 1.12. The van der Waals surface area contributed by atoms with Gasteiger partial charge in [0.05, 0.1) is 7.11 Å². The minimum absolute atomic E-state index is 0.508. The first kappa shape index (κ1) is 8.83. The maximum absolute atomic E-state index is 10.9. The number of carbonyl (C=O) groups excluding carboxylic acids is 1. The maximum atomic E-state index is 10.9. The predicted molar refractivity (Wildman–Crippen MR) is 39.8 cm³/mol. The van der Waals surface area contributed by atoms with Crippen molar-refractivity contribution in [2.45, 2.75) is 18.4 Å². The highest BCUT2D eigenvalue weighted by atomic mass is 16.5. The fourth-order valence-corrected chi connectivity index (χ4v) is 1.12. The van der Waals surface area contributed by atoms with Crippen LogP contribution in [0.25, 0.3) is 0 Å². The van der Waals surface area contributed by atoms with Crippen molar-refractivity contribution < 1.29 is 19.4 Å². The molecule has 1 saturated carbocycles. The Balaban J connectivity index is 2.69. The van der Waals surface area contributed by atoms with Gasteiger partial charge in [-0.15, -0.1) is 0 Å². The molecule has 0 saturated heterocycles. The van der Waals surface area contributed by atoms with Crippen LogP contribution in [0.5, 0.6) is 0 Å². The normalized spacial score (nSPS) is 18.2. The predicted octanol–water partition coefficient (Wildman–Crippen LogP) is 0.302. The van der Waals surface area contributed by atoms with Gasteiger partial charge in [-0.3, -0.25) is 4.90 Å². The molecule has 1 rings (SSSR count). The second kappa shape index (κ2) is 2.66. The number of carbonyl (C=O) groups is 2. The van der Waals surface area contributed by atoms with Crippen LogP contribution in [0.1, 0.15) is 12.8 Å². The summed E-state index contributed by atoms with van der Waals surface area (Å²) >= 11 is 0.